The molecule has 1 aromatic rings. The van der Waals surface area contributed by atoms with Gasteiger partial charge in [0.15, 0.2) is 0 Å². The van der Waals surface area contributed by atoms with Crippen LogP contribution in [-0.2, 0) is 19.6 Å². The lowest BCUT2D eigenvalue weighted by molar-refractivity contribution is -0.147. The maximum Gasteiger partial charge on any atom is 0.322 e. The molecule has 7 heteroatoms. The van der Waals surface area contributed by atoms with Crippen molar-refractivity contribution in [3.05, 3.63) is 29.8 Å². The highest BCUT2D eigenvalue weighted by Crippen LogP contribution is 2.19. The molecule has 1 saturated heterocycles. The fourth-order valence-electron chi connectivity index (χ4n) is 2.96. The van der Waals surface area contributed by atoms with E-state index in [-0.39, 0.29) is 22.8 Å². The summed E-state index contributed by atoms with van der Waals surface area (Å²) in [5.41, 5.74) is 1.02. The molecule has 2 unspecified atom stereocenters. The number of piperidine rings is 1. The first-order valence-electron chi connectivity index (χ1n) is 8.21. The zero-order valence-corrected chi connectivity index (χ0v) is 15.3. The van der Waals surface area contributed by atoms with Crippen molar-refractivity contribution in [1.29, 1.82) is 0 Å². The zero-order valence-electron chi connectivity index (χ0n) is 14.5. The van der Waals surface area contributed by atoms with Crippen LogP contribution in [0.15, 0.2) is 29.2 Å². The van der Waals surface area contributed by atoms with Gasteiger partial charge in [-0.3, -0.25) is 9.69 Å². The first kappa shape index (κ1) is 18.9. The molecule has 0 saturated carbocycles. The molecule has 1 fully saturated rings. The number of nitrogens with zero attached hydrogens (tertiary/aromatic N) is 1. The van der Waals surface area contributed by atoms with Crippen molar-refractivity contribution in [2.75, 3.05) is 26.7 Å². The number of ether oxygens (including phenoxy) is 1. The summed E-state index contributed by atoms with van der Waals surface area (Å²) in [6.45, 7) is 5.64. The fourth-order valence-corrected chi connectivity index (χ4v) is 4.08. The Morgan fingerprint density at radius 1 is 1.38 bits per heavy atom. The lowest BCUT2D eigenvalue weighted by Crippen LogP contribution is -2.47. The topological polar surface area (TPSA) is 75.7 Å². The van der Waals surface area contributed by atoms with E-state index in [1.165, 1.54) is 7.11 Å². The second kappa shape index (κ2) is 8.09. The molecule has 2 rings (SSSR count). The third-order valence-corrected chi connectivity index (χ3v) is 5.97. The van der Waals surface area contributed by atoms with Crippen molar-refractivity contribution in [2.45, 2.75) is 37.6 Å². The number of carbonyl (C=O) groups is 1. The van der Waals surface area contributed by atoms with Crippen LogP contribution in [0.4, 0.5) is 0 Å². The Balaban J connectivity index is 1.93. The van der Waals surface area contributed by atoms with Gasteiger partial charge in [0.25, 0.3) is 0 Å². The van der Waals surface area contributed by atoms with Gasteiger partial charge in [-0.05, 0) is 51.3 Å². The van der Waals surface area contributed by atoms with Crippen molar-refractivity contribution in [1.82, 2.24) is 9.62 Å². The summed E-state index contributed by atoms with van der Waals surface area (Å²) < 4.78 is 32.2. The number of carbonyl (C=O) groups excluding carboxylic acids is 1. The van der Waals surface area contributed by atoms with Gasteiger partial charge in [0, 0.05) is 13.1 Å². The van der Waals surface area contributed by atoms with Gasteiger partial charge in [0.05, 0.1) is 12.0 Å². The van der Waals surface area contributed by atoms with Crippen LogP contribution >= 0.6 is 0 Å². The van der Waals surface area contributed by atoms with E-state index in [4.69, 9.17) is 4.74 Å². The van der Waals surface area contributed by atoms with Crippen molar-refractivity contribution < 1.29 is 17.9 Å². The molecule has 1 aromatic carbocycles. The summed E-state index contributed by atoms with van der Waals surface area (Å²) in [5.74, 6) is -0.0676. The van der Waals surface area contributed by atoms with Gasteiger partial charge >= 0.3 is 5.97 Å². The number of hydrogen-bond donors (Lipinski definition) is 1. The molecular formula is C17H26N2O4S. The van der Waals surface area contributed by atoms with Crippen molar-refractivity contribution >= 4 is 16.0 Å². The number of sulfonamides is 1. The van der Waals surface area contributed by atoms with Gasteiger partial charge in [-0.2, -0.15) is 0 Å². The van der Waals surface area contributed by atoms with Crippen LogP contribution < -0.4 is 4.72 Å². The Bertz CT molecular complexity index is 658. The van der Waals surface area contributed by atoms with Gasteiger partial charge in [0.1, 0.15) is 6.04 Å². The Hall–Kier alpha value is -1.44. The normalized spacial score (nSPS) is 20.5. The van der Waals surface area contributed by atoms with Crippen molar-refractivity contribution in [2.24, 2.45) is 5.92 Å². The summed E-state index contributed by atoms with van der Waals surface area (Å²) in [7, 11) is -2.11. The van der Waals surface area contributed by atoms with E-state index in [0.717, 1.165) is 24.9 Å². The predicted octanol–water partition coefficient (Wildman–Crippen LogP) is 1.55. The summed E-state index contributed by atoms with van der Waals surface area (Å²) in [4.78, 5) is 14.0. The van der Waals surface area contributed by atoms with Crippen LogP contribution in [0.5, 0.6) is 0 Å². The summed E-state index contributed by atoms with van der Waals surface area (Å²) in [6, 6.07) is 6.50. The third kappa shape index (κ3) is 4.78. The standard InChI is InChI=1S/C17H26N2O4S/c1-13-6-8-16(9-7-13)24(21,22)18-11-15-5-4-10-19(12-15)14(2)17(20)23-3/h6-9,14-15,18H,4-5,10-12H2,1-3H3. The summed E-state index contributed by atoms with van der Waals surface area (Å²) in [5, 5.41) is 0. The largest absolute Gasteiger partial charge is 0.468 e. The molecule has 24 heavy (non-hydrogen) atoms. The molecule has 0 bridgehead atoms. The number of hydrogen-bond acceptors (Lipinski definition) is 5. The molecule has 1 N–H and O–H groups in total. The second-order valence-corrected chi connectivity index (χ2v) is 8.13. The average Bonchev–Trinajstić information content (AvgIpc) is 2.59. The van der Waals surface area contributed by atoms with Gasteiger partial charge in [-0.1, -0.05) is 17.7 Å². The van der Waals surface area contributed by atoms with E-state index in [2.05, 4.69) is 9.62 Å². The molecule has 0 aromatic heterocycles. The maximum atomic E-state index is 12.4. The van der Waals surface area contributed by atoms with E-state index < -0.39 is 10.0 Å². The first-order valence-corrected chi connectivity index (χ1v) is 9.70. The maximum absolute atomic E-state index is 12.4. The number of nitrogens with one attached hydrogen (secondary N) is 1. The van der Waals surface area contributed by atoms with Crippen LogP contribution in [0.25, 0.3) is 0 Å². The van der Waals surface area contributed by atoms with Gasteiger partial charge in [0.2, 0.25) is 10.0 Å². The lowest BCUT2D eigenvalue weighted by Gasteiger charge is -2.35. The van der Waals surface area contributed by atoms with Crippen LogP contribution in [0.3, 0.4) is 0 Å². The van der Waals surface area contributed by atoms with Gasteiger partial charge in [-0.15, -0.1) is 0 Å². The van der Waals surface area contributed by atoms with E-state index in [1.807, 2.05) is 13.8 Å². The Labute approximate surface area is 144 Å². The zero-order chi connectivity index (χ0) is 17.7. The number of esters is 1. The van der Waals surface area contributed by atoms with Crippen LogP contribution in [0.2, 0.25) is 0 Å². The molecule has 2 atom stereocenters. The molecule has 0 spiro atoms. The van der Waals surface area contributed by atoms with Gasteiger partial charge < -0.3 is 4.74 Å². The van der Waals surface area contributed by atoms with Crippen LogP contribution in [-0.4, -0.2) is 52.1 Å². The Morgan fingerprint density at radius 2 is 2.04 bits per heavy atom. The van der Waals surface area contributed by atoms with Crippen molar-refractivity contribution in [3.8, 4) is 0 Å². The minimum absolute atomic E-state index is 0.186. The molecule has 0 radical (unpaired) electrons. The smallest absolute Gasteiger partial charge is 0.322 e. The highest BCUT2D eigenvalue weighted by molar-refractivity contribution is 7.89. The average molecular weight is 354 g/mol. The molecule has 1 heterocycles. The van der Waals surface area contributed by atoms with Crippen molar-refractivity contribution in [3.63, 3.8) is 0 Å². The van der Waals surface area contributed by atoms with E-state index in [1.54, 1.807) is 24.3 Å². The third-order valence-electron chi connectivity index (χ3n) is 4.53. The first-order chi connectivity index (χ1) is 11.3. The lowest BCUT2D eigenvalue weighted by atomic mass is 9.97. The van der Waals surface area contributed by atoms with Crippen LogP contribution in [0.1, 0.15) is 25.3 Å². The SMILES string of the molecule is COC(=O)C(C)N1CCCC(CNS(=O)(=O)c2ccc(C)cc2)C1. The number of methoxy groups -OCH3 is 1. The highest BCUT2D eigenvalue weighted by atomic mass is 32.2. The number of rotatable bonds is 6. The summed E-state index contributed by atoms with van der Waals surface area (Å²) >= 11 is 0. The van der Waals surface area contributed by atoms with Crippen LogP contribution in [0, 0.1) is 12.8 Å². The minimum atomic E-state index is -3.50. The number of benzene rings is 1. The highest BCUT2D eigenvalue weighted by Gasteiger charge is 2.28. The van der Waals surface area contributed by atoms with E-state index in [0.29, 0.717) is 13.1 Å². The fraction of sp³-hybridized carbons (Fsp3) is 0.588. The quantitative estimate of drug-likeness (QED) is 0.785. The van der Waals surface area contributed by atoms with E-state index in [9.17, 15) is 13.2 Å². The Morgan fingerprint density at radius 3 is 2.67 bits per heavy atom. The molecular weight excluding hydrogens is 328 g/mol. The number of likely N-dealkylation sites (tertiary alicyclic amines) is 1. The summed E-state index contributed by atoms with van der Waals surface area (Å²) in [6.07, 6.45) is 1.89. The van der Waals surface area contributed by atoms with E-state index >= 15 is 0 Å². The molecule has 1 aliphatic heterocycles. The Kier molecular flexibility index (Phi) is 6.37. The monoisotopic (exact) mass is 354 g/mol. The molecule has 6 nitrogen and oxygen atoms in total. The minimum Gasteiger partial charge on any atom is -0.468 e. The second-order valence-electron chi connectivity index (χ2n) is 6.37. The van der Waals surface area contributed by atoms with Gasteiger partial charge in [-0.25, -0.2) is 13.1 Å². The number of aryl methyl sites for hydroxylation is 1. The molecule has 0 amide bonds. The molecule has 134 valence electrons. The molecule has 0 aliphatic carbocycles. The molecule has 1 aliphatic rings. The predicted molar refractivity (Wildman–Crippen MR) is 92.1 cm³/mol.